The maximum absolute atomic E-state index is 11.8. The minimum absolute atomic E-state index is 0.0361. The summed E-state index contributed by atoms with van der Waals surface area (Å²) in [5.74, 6) is -0.187. The Balaban J connectivity index is 2.21. The molecule has 0 aliphatic carbocycles. The first kappa shape index (κ1) is 11.4. The van der Waals surface area contributed by atoms with E-state index < -0.39 is 0 Å². The second-order valence-electron chi connectivity index (χ2n) is 3.85. The number of H-pyrrole nitrogens is 1. The summed E-state index contributed by atoms with van der Waals surface area (Å²) in [6, 6.07) is 8.96. The molecule has 1 aromatic carbocycles. The highest BCUT2D eigenvalue weighted by Crippen LogP contribution is 2.17. The zero-order valence-electron chi connectivity index (χ0n) is 9.53. The van der Waals surface area contributed by atoms with Crippen LogP contribution in [0.2, 0.25) is 0 Å². The summed E-state index contributed by atoms with van der Waals surface area (Å²) < 4.78 is 0. The maximum Gasteiger partial charge on any atom is 0.272 e. The number of anilines is 1. The fraction of sp³-hybridized carbons (Fsp3) is 0.154. The molecule has 0 spiro atoms. The van der Waals surface area contributed by atoms with Gasteiger partial charge in [0.15, 0.2) is 0 Å². The van der Waals surface area contributed by atoms with E-state index in [9.17, 15) is 4.79 Å². The van der Waals surface area contributed by atoms with Crippen molar-refractivity contribution >= 4 is 11.6 Å². The Morgan fingerprint density at radius 1 is 1.41 bits per heavy atom. The van der Waals surface area contributed by atoms with Crippen LogP contribution in [0.15, 0.2) is 36.5 Å². The number of aryl methyl sites for hydroxylation is 1. The smallest absolute Gasteiger partial charge is 0.272 e. The molecule has 0 saturated carbocycles. The van der Waals surface area contributed by atoms with Gasteiger partial charge in [-0.2, -0.15) is 0 Å². The van der Waals surface area contributed by atoms with E-state index in [0.717, 1.165) is 16.8 Å². The summed E-state index contributed by atoms with van der Waals surface area (Å²) in [6.45, 7) is 1.87. The van der Waals surface area contributed by atoms with Crippen LogP contribution in [-0.4, -0.2) is 16.0 Å². The van der Waals surface area contributed by atoms with Gasteiger partial charge in [-0.05, 0) is 36.2 Å². The highest BCUT2D eigenvalue weighted by molar-refractivity contribution is 6.03. The molecule has 2 rings (SSSR count). The van der Waals surface area contributed by atoms with E-state index in [1.807, 2.05) is 19.1 Å². The van der Waals surface area contributed by atoms with Crippen molar-refractivity contribution in [2.75, 3.05) is 5.32 Å². The summed E-state index contributed by atoms with van der Waals surface area (Å²) in [6.07, 6.45) is 1.70. The lowest BCUT2D eigenvalue weighted by atomic mass is 10.1. The van der Waals surface area contributed by atoms with Gasteiger partial charge in [0.25, 0.3) is 5.91 Å². The quantitative estimate of drug-likeness (QED) is 0.755. The van der Waals surface area contributed by atoms with Gasteiger partial charge in [0.2, 0.25) is 0 Å². The Morgan fingerprint density at radius 2 is 2.24 bits per heavy atom. The summed E-state index contributed by atoms with van der Waals surface area (Å²) in [5.41, 5.74) is 2.97. The van der Waals surface area contributed by atoms with Crippen LogP contribution in [0.1, 0.15) is 21.6 Å². The molecule has 2 aromatic rings. The lowest BCUT2D eigenvalue weighted by Crippen LogP contribution is -2.13. The molecule has 3 N–H and O–H groups in total. The molecule has 17 heavy (non-hydrogen) atoms. The van der Waals surface area contributed by atoms with Gasteiger partial charge in [0.05, 0.1) is 6.61 Å². The zero-order chi connectivity index (χ0) is 12.3. The molecule has 0 radical (unpaired) electrons. The number of nitrogens with one attached hydrogen (secondary N) is 2. The molecule has 0 fully saturated rings. The van der Waals surface area contributed by atoms with Gasteiger partial charge in [-0.3, -0.25) is 4.79 Å². The van der Waals surface area contributed by atoms with Crippen molar-refractivity contribution in [3.05, 3.63) is 53.3 Å². The predicted octanol–water partition coefficient (Wildman–Crippen LogP) is 2.07. The predicted molar refractivity (Wildman–Crippen MR) is 65.8 cm³/mol. The van der Waals surface area contributed by atoms with E-state index in [1.54, 1.807) is 24.4 Å². The molecule has 0 saturated heterocycles. The number of aliphatic hydroxyl groups is 1. The van der Waals surface area contributed by atoms with Crippen LogP contribution in [0, 0.1) is 6.92 Å². The number of rotatable bonds is 3. The van der Waals surface area contributed by atoms with Crippen molar-refractivity contribution in [2.24, 2.45) is 0 Å². The van der Waals surface area contributed by atoms with Gasteiger partial charge < -0.3 is 15.4 Å². The molecular formula is C13H14N2O2. The van der Waals surface area contributed by atoms with Crippen LogP contribution in [0.4, 0.5) is 5.69 Å². The van der Waals surface area contributed by atoms with E-state index in [2.05, 4.69) is 10.3 Å². The first-order chi connectivity index (χ1) is 8.20. The fourth-order valence-corrected chi connectivity index (χ4v) is 1.56. The number of aromatic amines is 1. The van der Waals surface area contributed by atoms with Crippen LogP contribution < -0.4 is 5.32 Å². The summed E-state index contributed by atoms with van der Waals surface area (Å²) in [7, 11) is 0. The summed E-state index contributed by atoms with van der Waals surface area (Å²) in [4.78, 5) is 14.7. The molecular weight excluding hydrogens is 216 g/mol. The van der Waals surface area contributed by atoms with E-state index in [-0.39, 0.29) is 12.5 Å². The minimum atomic E-state index is -0.187. The largest absolute Gasteiger partial charge is 0.392 e. The first-order valence-corrected chi connectivity index (χ1v) is 5.36. The molecule has 88 valence electrons. The average molecular weight is 230 g/mol. The average Bonchev–Trinajstić information content (AvgIpc) is 2.85. The van der Waals surface area contributed by atoms with Gasteiger partial charge in [0, 0.05) is 11.9 Å². The molecule has 0 bridgehead atoms. The lowest BCUT2D eigenvalue weighted by Gasteiger charge is -2.09. The number of aliphatic hydroxyl groups excluding tert-OH is 1. The molecule has 0 atom stereocenters. The lowest BCUT2D eigenvalue weighted by molar-refractivity contribution is 0.102. The molecule has 4 nitrogen and oxygen atoms in total. The van der Waals surface area contributed by atoms with Crippen molar-refractivity contribution in [3.8, 4) is 0 Å². The first-order valence-electron chi connectivity index (χ1n) is 5.36. The normalized spacial score (nSPS) is 10.2. The van der Waals surface area contributed by atoms with Crippen LogP contribution in [0.3, 0.4) is 0 Å². The Labute approximate surface area is 99.3 Å². The van der Waals surface area contributed by atoms with Crippen molar-refractivity contribution in [3.63, 3.8) is 0 Å². The highest BCUT2D eigenvalue weighted by atomic mass is 16.3. The second kappa shape index (κ2) is 4.84. The third-order valence-corrected chi connectivity index (χ3v) is 2.58. The topological polar surface area (TPSA) is 65.1 Å². The van der Waals surface area contributed by atoms with E-state index in [1.165, 1.54) is 0 Å². The highest BCUT2D eigenvalue weighted by Gasteiger charge is 2.08. The van der Waals surface area contributed by atoms with Crippen LogP contribution >= 0.6 is 0 Å². The van der Waals surface area contributed by atoms with Crippen molar-refractivity contribution in [1.29, 1.82) is 0 Å². The maximum atomic E-state index is 11.8. The van der Waals surface area contributed by atoms with E-state index in [0.29, 0.717) is 5.69 Å². The number of benzene rings is 1. The number of hydrogen-bond acceptors (Lipinski definition) is 2. The number of aromatic nitrogens is 1. The number of hydrogen-bond donors (Lipinski definition) is 3. The zero-order valence-corrected chi connectivity index (χ0v) is 9.53. The number of amides is 1. The molecule has 4 heteroatoms. The standard InChI is InChI=1S/C13H14N2O2/c1-9-4-5-10(8-16)7-12(9)15-13(17)11-3-2-6-14-11/h2-7,14,16H,8H2,1H3,(H,15,17). The van der Waals surface area contributed by atoms with Crippen molar-refractivity contribution < 1.29 is 9.90 Å². The minimum Gasteiger partial charge on any atom is -0.392 e. The molecule has 1 heterocycles. The fourth-order valence-electron chi connectivity index (χ4n) is 1.56. The summed E-state index contributed by atoms with van der Waals surface area (Å²) >= 11 is 0. The SMILES string of the molecule is Cc1ccc(CO)cc1NC(=O)c1ccc[nH]1. The molecule has 0 unspecified atom stereocenters. The molecule has 1 aromatic heterocycles. The molecule has 0 aliphatic heterocycles. The Bertz CT molecular complexity index is 518. The third-order valence-electron chi connectivity index (χ3n) is 2.58. The number of carbonyl (C=O) groups is 1. The Kier molecular flexibility index (Phi) is 3.25. The third kappa shape index (κ3) is 2.54. The van der Waals surface area contributed by atoms with E-state index in [4.69, 9.17) is 5.11 Å². The monoisotopic (exact) mass is 230 g/mol. The van der Waals surface area contributed by atoms with Gasteiger partial charge in [-0.25, -0.2) is 0 Å². The van der Waals surface area contributed by atoms with Gasteiger partial charge >= 0.3 is 0 Å². The summed E-state index contributed by atoms with van der Waals surface area (Å²) in [5, 5.41) is 11.9. The van der Waals surface area contributed by atoms with Crippen LogP contribution in [0.5, 0.6) is 0 Å². The Morgan fingerprint density at radius 3 is 2.88 bits per heavy atom. The van der Waals surface area contributed by atoms with Crippen molar-refractivity contribution in [2.45, 2.75) is 13.5 Å². The van der Waals surface area contributed by atoms with Crippen LogP contribution in [0.25, 0.3) is 0 Å². The van der Waals surface area contributed by atoms with Gasteiger partial charge in [-0.1, -0.05) is 12.1 Å². The van der Waals surface area contributed by atoms with Crippen LogP contribution in [-0.2, 0) is 6.61 Å². The van der Waals surface area contributed by atoms with Gasteiger partial charge in [0.1, 0.15) is 5.69 Å². The Hall–Kier alpha value is -2.07. The van der Waals surface area contributed by atoms with Gasteiger partial charge in [-0.15, -0.1) is 0 Å². The second-order valence-corrected chi connectivity index (χ2v) is 3.85. The van der Waals surface area contributed by atoms with Crippen molar-refractivity contribution in [1.82, 2.24) is 4.98 Å². The molecule has 1 amide bonds. The molecule has 0 aliphatic rings. The number of carbonyl (C=O) groups excluding carboxylic acids is 1. The van der Waals surface area contributed by atoms with E-state index >= 15 is 0 Å².